The van der Waals surface area contributed by atoms with Crippen LogP contribution in [-0.2, 0) is 0 Å². The molecule has 1 nitrogen and oxygen atoms in total. The molecular formula is C13H13BrClNS. The number of thiophene rings is 1. The molecule has 0 aliphatic rings. The fraction of sp³-hybridized carbons (Fsp3) is 0.231. The van der Waals surface area contributed by atoms with E-state index in [0.717, 1.165) is 13.7 Å². The van der Waals surface area contributed by atoms with E-state index in [9.17, 15) is 0 Å². The second-order valence-electron chi connectivity index (χ2n) is 4.05. The zero-order valence-electron chi connectivity index (χ0n) is 9.63. The summed E-state index contributed by atoms with van der Waals surface area (Å²) in [5, 5.41) is 0. The van der Waals surface area contributed by atoms with Crippen molar-refractivity contribution in [1.82, 2.24) is 0 Å². The number of benzene rings is 1. The molecule has 2 rings (SSSR count). The molecule has 1 aromatic carbocycles. The number of hydrogen-bond acceptors (Lipinski definition) is 2. The lowest BCUT2D eigenvalue weighted by atomic mass is 9.96. The van der Waals surface area contributed by atoms with Crippen LogP contribution in [-0.4, -0.2) is 0 Å². The first-order valence-electron chi connectivity index (χ1n) is 5.27. The highest BCUT2D eigenvalue weighted by molar-refractivity contribution is 9.10. The molecule has 0 saturated heterocycles. The molecule has 17 heavy (non-hydrogen) atoms. The minimum atomic E-state index is -0.106. The van der Waals surface area contributed by atoms with Crippen molar-refractivity contribution < 1.29 is 0 Å². The van der Waals surface area contributed by atoms with Gasteiger partial charge in [0, 0.05) is 9.35 Å². The Morgan fingerprint density at radius 3 is 2.35 bits per heavy atom. The fourth-order valence-electron chi connectivity index (χ4n) is 1.98. The number of halogens is 2. The van der Waals surface area contributed by atoms with Gasteiger partial charge in [-0.25, -0.2) is 0 Å². The van der Waals surface area contributed by atoms with Crippen LogP contribution in [0.2, 0.25) is 4.34 Å². The molecule has 1 aromatic heterocycles. The van der Waals surface area contributed by atoms with Gasteiger partial charge in [-0.1, -0.05) is 29.8 Å². The zero-order chi connectivity index (χ0) is 12.6. The summed E-state index contributed by atoms with van der Waals surface area (Å²) < 4.78 is 1.67. The standard InChI is InChI=1S/C13H13BrClNS/c1-7-4-3-5-8(2)11(7)12(16)10-6-9(14)13(15)17-10/h3-6,12H,16H2,1-2H3. The monoisotopic (exact) mass is 329 g/mol. The molecule has 0 radical (unpaired) electrons. The molecule has 0 amide bonds. The second kappa shape index (κ2) is 5.11. The third-order valence-electron chi connectivity index (χ3n) is 2.82. The van der Waals surface area contributed by atoms with Crippen molar-refractivity contribution in [2.45, 2.75) is 19.9 Å². The van der Waals surface area contributed by atoms with E-state index < -0.39 is 0 Å². The van der Waals surface area contributed by atoms with Crippen molar-refractivity contribution in [3.8, 4) is 0 Å². The average Bonchev–Trinajstić information content (AvgIpc) is 2.59. The molecule has 1 atom stereocenters. The van der Waals surface area contributed by atoms with Gasteiger partial charge >= 0.3 is 0 Å². The summed E-state index contributed by atoms with van der Waals surface area (Å²) in [6.07, 6.45) is 0. The Morgan fingerprint density at radius 2 is 1.88 bits per heavy atom. The van der Waals surface area contributed by atoms with Crippen LogP contribution in [0.25, 0.3) is 0 Å². The van der Waals surface area contributed by atoms with Gasteiger partial charge in [0.15, 0.2) is 0 Å². The number of hydrogen-bond donors (Lipinski definition) is 1. The highest BCUT2D eigenvalue weighted by atomic mass is 79.9. The SMILES string of the molecule is Cc1cccc(C)c1C(N)c1cc(Br)c(Cl)s1. The Labute approximate surface area is 119 Å². The Bertz CT molecular complexity index is 511. The third-order valence-corrected chi connectivity index (χ3v) is 5.38. The summed E-state index contributed by atoms with van der Waals surface area (Å²) in [4.78, 5) is 1.08. The topological polar surface area (TPSA) is 26.0 Å². The van der Waals surface area contributed by atoms with E-state index in [-0.39, 0.29) is 6.04 Å². The number of rotatable bonds is 2. The molecule has 0 fully saturated rings. The van der Waals surface area contributed by atoms with E-state index in [1.165, 1.54) is 28.0 Å². The summed E-state index contributed by atoms with van der Waals surface area (Å²) in [6, 6.07) is 8.13. The van der Waals surface area contributed by atoms with Crippen molar-refractivity contribution in [2.75, 3.05) is 0 Å². The van der Waals surface area contributed by atoms with Gasteiger partial charge < -0.3 is 5.73 Å². The first-order valence-corrected chi connectivity index (χ1v) is 7.26. The van der Waals surface area contributed by atoms with E-state index in [4.69, 9.17) is 17.3 Å². The van der Waals surface area contributed by atoms with Gasteiger partial charge in [-0.2, -0.15) is 0 Å². The van der Waals surface area contributed by atoms with Crippen molar-refractivity contribution >= 4 is 38.9 Å². The van der Waals surface area contributed by atoms with Gasteiger partial charge in [0.2, 0.25) is 0 Å². The van der Waals surface area contributed by atoms with Crippen molar-refractivity contribution in [2.24, 2.45) is 5.73 Å². The quantitative estimate of drug-likeness (QED) is 0.838. The molecule has 1 unspecified atom stereocenters. The van der Waals surface area contributed by atoms with Crippen LogP contribution in [0, 0.1) is 13.8 Å². The Hall–Kier alpha value is -0.350. The van der Waals surface area contributed by atoms with E-state index in [0.29, 0.717) is 0 Å². The van der Waals surface area contributed by atoms with Gasteiger partial charge in [-0.05, 0) is 52.5 Å². The molecular weight excluding hydrogens is 318 g/mol. The molecule has 0 bridgehead atoms. The highest BCUT2D eigenvalue weighted by Crippen LogP contribution is 2.37. The van der Waals surface area contributed by atoms with Gasteiger partial charge in [-0.3, -0.25) is 0 Å². The first-order chi connectivity index (χ1) is 8.00. The van der Waals surface area contributed by atoms with Crippen LogP contribution in [0.5, 0.6) is 0 Å². The van der Waals surface area contributed by atoms with Crippen LogP contribution in [0.15, 0.2) is 28.7 Å². The van der Waals surface area contributed by atoms with Gasteiger partial charge in [0.25, 0.3) is 0 Å². The summed E-state index contributed by atoms with van der Waals surface area (Å²) in [6.45, 7) is 4.18. The lowest BCUT2D eigenvalue weighted by Crippen LogP contribution is -2.13. The van der Waals surface area contributed by atoms with Gasteiger partial charge in [0.1, 0.15) is 4.34 Å². The predicted octanol–water partition coefficient (Wildman–Crippen LogP) is 4.83. The Balaban J connectivity index is 2.47. The summed E-state index contributed by atoms with van der Waals surface area (Å²) >= 11 is 11.0. The van der Waals surface area contributed by atoms with Crippen LogP contribution in [0.1, 0.15) is 27.6 Å². The Kier molecular flexibility index (Phi) is 3.93. The summed E-state index contributed by atoms with van der Waals surface area (Å²) in [7, 11) is 0. The maximum atomic E-state index is 6.33. The van der Waals surface area contributed by atoms with E-state index >= 15 is 0 Å². The van der Waals surface area contributed by atoms with Crippen LogP contribution in [0.3, 0.4) is 0 Å². The lowest BCUT2D eigenvalue weighted by molar-refractivity contribution is 0.871. The van der Waals surface area contributed by atoms with E-state index in [1.54, 1.807) is 0 Å². The van der Waals surface area contributed by atoms with Crippen molar-refractivity contribution in [1.29, 1.82) is 0 Å². The predicted molar refractivity (Wildman–Crippen MR) is 79.0 cm³/mol. The number of aryl methyl sites for hydroxylation is 2. The normalized spacial score (nSPS) is 12.8. The smallest absolute Gasteiger partial charge is 0.107 e. The molecule has 0 saturated carbocycles. The molecule has 2 N–H and O–H groups in total. The summed E-state index contributed by atoms with van der Waals surface area (Å²) in [5.74, 6) is 0. The van der Waals surface area contributed by atoms with Crippen LogP contribution < -0.4 is 5.73 Å². The Morgan fingerprint density at radius 1 is 1.29 bits per heavy atom. The molecule has 0 spiro atoms. The minimum Gasteiger partial charge on any atom is -0.320 e. The highest BCUT2D eigenvalue weighted by Gasteiger charge is 2.17. The molecule has 2 aromatic rings. The lowest BCUT2D eigenvalue weighted by Gasteiger charge is -2.16. The average molecular weight is 331 g/mol. The molecule has 4 heteroatoms. The minimum absolute atomic E-state index is 0.106. The molecule has 0 aliphatic heterocycles. The van der Waals surface area contributed by atoms with Crippen molar-refractivity contribution in [3.63, 3.8) is 0 Å². The summed E-state index contributed by atoms with van der Waals surface area (Å²) in [5.41, 5.74) is 9.96. The van der Waals surface area contributed by atoms with Gasteiger partial charge in [0.05, 0.1) is 6.04 Å². The van der Waals surface area contributed by atoms with Crippen LogP contribution >= 0.6 is 38.9 Å². The van der Waals surface area contributed by atoms with Crippen LogP contribution in [0.4, 0.5) is 0 Å². The largest absolute Gasteiger partial charge is 0.320 e. The first kappa shape index (κ1) is 13.1. The maximum absolute atomic E-state index is 6.33. The second-order valence-corrected chi connectivity index (χ2v) is 6.59. The van der Waals surface area contributed by atoms with E-state index in [1.807, 2.05) is 6.07 Å². The molecule has 1 heterocycles. The third kappa shape index (κ3) is 2.58. The fourth-order valence-corrected chi connectivity index (χ4v) is 3.72. The molecule has 0 aliphatic carbocycles. The van der Waals surface area contributed by atoms with E-state index in [2.05, 4.69) is 48.0 Å². The van der Waals surface area contributed by atoms with Gasteiger partial charge in [-0.15, -0.1) is 11.3 Å². The zero-order valence-corrected chi connectivity index (χ0v) is 12.8. The maximum Gasteiger partial charge on any atom is 0.107 e. The number of nitrogens with two attached hydrogens (primary N) is 1. The van der Waals surface area contributed by atoms with Crippen molar-refractivity contribution in [3.05, 3.63) is 54.6 Å². The molecule has 90 valence electrons.